The van der Waals surface area contributed by atoms with Gasteiger partial charge in [-0.3, -0.25) is 0 Å². The van der Waals surface area contributed by atoms with Crippen molar-refractivity contribution in [1.82, 2.24) is 0 Å². The first-order chi connectivity index (χ1) is 18.8. The smallest absolute Gasteiger partial charge is 0.174 e. The van der Waals surface area contributed by atoms with Gasteiger partial charge in [0.15, 0.2) is 11.6 Å². The fraction of sp³-hybridized carbons (Fsp3) is 0.771. The molecule has 6 rings (SSSR count). The Morgan fingerprint density at radius 2 is 1.54 bits per heavy atom. The van der Waals surface area contributed by atoms with Crippen LogP contribution >= 0.6 is 0 Å². The Bertz CT molecular complexity index is 1000. The van der Waals surface area contributed by atoms with Crippen LogP contribution in [0.4, 0.5) is 0 Å². The Morgan fingerprint density at radius 3 is 2.23 bits per heavy atom. The maximum Gasteiger partial charge on any atom is 0.174 e. The lowest BCUT2D eigenvalue weighted by Gasteiger charge is -2.54. The molecule has 0 bridgehead atoms. The van der Waals surface area contributed by atoms with Gasteiger partial charge in [-0.05, 0) is 102 Å². The molecule has 2 saturated heterocycles. The van der Waals surface area contributed by atoms with E-state index in [1.54, 1.807) is 5.57 Å². The third-order valence-corrected chi connectivity index (χ3v) is 12.5. The number of hydrogen-bond donors (Lipinski definition) is 0. The lowest BCUT2D eigenvalue weighted by Crippen LogP contribution is -2.54. The third-order valence-electron chi connectivity index (χ3n) is 12.5. The van der Waals surface area contributed by atoms with Gasteiger partial charge in [0.1, 0.15) is 0 Å². The topological polar surface area (TPSA) is 36.9 Å². The Kier molecular flexibility index (Phi) is 7.35. The second-order valence-corrected chi connectivity index (χ2v) is 14.2. The third kappa shape index (κ3) is 4.22. The van der Waals surface area contributed by atoms with E-state index < -0.39 is 11.6 Å². The van der Waals surface area contributed by atoms with Crippen molar-refractivity contribution in [3.8, 4) is 0 Å². The van der Waals surface area contributed by atoms with Crippen LogP contribution in [-0.2, 0) is 18.9 Å². The predicted octanol–water partition coefficient (Wildman–Crippen LogP) is 8.59. The zero-order valence-electron chi connectivity index (χ0n) is 24.8. The zero-order chi connectivity index (χ0) is 27.4. The van der Waals surface area contributed by atoms with Gasteiger partial charge in [0.2, 0.25) is 0 Å². The summed E-state index contributed by atoms with van der Waals surface area (Å²) in [6, 6.07) is 0. The van der Waals surface area contributed by atoms with Crippen LogP contribution in [0.2, 0.25) is 0 Å². The van der Waals surface area contributed by atoms with E-state index in [4.69, 9.17) is 18.9 Å². The number of rotatable bonds is 9. The van der Waals surface area contributed by atoms with E-state index in [-0.39, 0.29) is 22.3 Å². The summed E-state index contributed by atoms with van der Waals surface area (Å²) in [4.78, 5) is 0. The molecule has 6 fully saturated rings. The maximum absolute atomic E-state index is 7.26. The second-order valence-electron chi connectivity index (χ2n) is 14.2. The number of allylic oxidation sites excluding steroid dienone is 4. The summed E-state index contributed by atoms with van der Waals surface area (Å²) in [7, 11) is 0. The minimum atomic E-state index is -0.419. The quantitative estimate of drug-likeness (QED) is 0.277. The van der Waals surface area contributed by atoms with Crippen molar-refractivity contribution in [2.45, 2.75) is 128 Å². The average molecular weight is 537 g/mol. The summed E-state index contributed by atoms with van der Waals surface area (Å²) in [6.45, 7) is 19.8. The van der Waals surface area contributed by atoms with Gasteiger partial charge in [0, 0.05) is 29.1 Å². The van der Waals surface area contributed by atoms with Crippen LogP contribution in [0.3, 0.4) is 0 Å². The standard InChI is InChI=1S/C35H52O4/c1-6-13-32-15-8-17-34(32,36-22-20-32)38-25-27(4)28-12-19-31(5)29(24-28)26(3)10-11-30(31)39-35-18-9-16-33(35,14-7-2)21-23-37-35/h6-7,29-30H,1-3,8-25H2,4-5H3/b28-27+/t29-,30+,31+,32-,33-,34+,35+/m1/s1. The molecule has 0 N–H and O–H groups in total. The molecule has 0 aromatic carbocycles. The zero-order valence-corrected chi connectivity index (χ0v) is 24.8. The van der Waals surface area contributed by atoms with Crippen LogP contribution in [0.1, 0.15) is 110 Å². The highest BCUT2D eigenvalue weighted by Gasteiger charge is 2.63. The van der Waals surface area contributed by atoms with Crippen molar-refractivity contribution in [3.05, 3.63) is 48.6 Å². The highest BCUT2D eigenvalue weighted by Crippen LogP contribution is 2.62. The summed E-state index contributed by atoms with van der Waals surface area (Å²) in [5.74, 6) is -0.382. The van der Waals surface area contributed by atoms with Gasteiger partial charge < -0.3 is 18.9 Å². The van der Waals surface area contributed by atoms with Gasteiger partial charge in [0.05, 0.1) is 25.9 Å². The van der Waals surface area contributed by atoms with E-state index in [0.717, 1.165) is 83.8 Å². The lowest BCUT2D eigenvalue weighted by molar-refractivity contribution is -0.294. The van der Waals surface area contributed by atoms with Crippen LogP contribution in [0.25, 0.3) is 0 Å². The van der Waals surface area contributed by atoms with Crippen molar-refractivity contribution in [3.63, 3.8) is 0 Å². The van der Waals surface area contributed by atoms with Crippen molar-refractivity contribution in [2.24, 2.45) is 22.2 Å². The van der Waals surface area contributed by atoms with Gasteiger partial charge in [-0.25, -0.2) is 0 Å². The van der Waals surface area contributed by atoms with Crippen molar-refractivity contribution < 1.29 is 18.9 Å². The molecule has 4 aliphatic carbocycles. The number of hydrogen-bond acceptors (Lipinski definition) is 4. The Hall–Kier alpha value is -1.20. The molecule has 2 aliphatic heterocycles. The van der Waals surface area contributed by atoms with Crippen LogP contribution in [-0.4, -0.2) is 37.5 Å². The first kappa shape index (κ1) is 27.9. The van der Waals surface area contributed by atoms with E-state index in [9.17, 15) is 0 Å². The Balaban J connectivity index is 1.18. The molecule has 2 heterocycles. The van der Waals surface area contributed by atoms with Crippen LogP contribution < -0.4 is 0 Å². The molecule has 7 atom stereocenters. The number of fused-ring (bicyclic) bond motifs is 3. The second kappa shape index (κ2) is 10.3. The highest BCUT2D eigenvalue weighted by atomic mass is 16.7. The fourth-order valence-corrected chi connectivity index (χ4v) is 10.0. The maximum atomic E-state index is 7.26. The molecular formula is C35H52O4. The fourth-order valence-electron chi connectivity index (χ4n) is 10.0. The largest absolute Gasteiger partial charge is 0.349 e. The Labute approximate surface area is 237 Å². The van der Waals surface area contributed by atoms with Crippen molar-refractivity contribution in [1.29, 1.82) is 0 Å². The molecule has 0 spiro atoms. The summed E-state index contributed by atoms with van der Waals surface area (Å²) in [6.07, 6.45) is 20.8. The van der Waals surface area contributed by atoms with E-state index in [1.165, 1.54) is 36.8 Å². The molecule has 4 nitrogen and oxygen atoms in total. The minimum absolute atomic E-state index is 0.0982. The highest BCUT2D eigenvalue weighted by molar-refractivity contribution is 5.26. The molecule has 4 saturated carbocycles. The molecule has 0 amide bonds. The monoisotopic (exact) mass is 536 g/mol. The van der Waals surface area contributed by atoms with Crippen LogP contribution in [0.15, 0.2) is 48.6 Å². The molecule has 0 unspecified atom stereocenters. The average Bonchev–Trinajstić information content (AvgIpc) is 3.62. The van der Waals surface area contributed by atoms with Crippen LogP contribution in [0, 0.1) is 22.2 Å². The summed E-state index contributed by atoms with van der Waals surface area (Å²) in [5.41, 5.74) is 4.71. The van der Waals surface area contributed by atoms with Gasteiger partial charge in [0.25, 0.3) is 0 Å². The molecule has 39 heavy (non-hydrogen) atoms. The normalized spacial score (nSPS) is 46.6. The SMILES string of the molecule is C=CC[C@]12CCC[C@@]1(OC/C(C)=C1\CC[C@]3(C)[C@@H](O[C@@]45CCC[C@]4(CC=C)CCO5)CCC(=C)[C@H]3C1)OCC2. The van der Waals surface area contributed by atoms with Crippen molar-refractivity contribution >= 4 is 0 Å². The van der Waals surface area contributed by atoms with E-state index in [1.807, 2.05) is 0 Å². The molecule has 216 valence electrons. The van der Waals surface area contributed by atoms with Gasteiger partial charge in [-0.2, -0.15) is 0 Å². The molecule has 0 radical (unpaired) electrons. The van der Waals surface area contributed by atoms with Gasteiger partial charge in [-0.1, -0.05) is 36.8 Å². The van der Waals surface area contributed by atoms with Crippen molar-refractivity contribution in [2.75, 3.05) is 19.8 Å². The molecule has 4 heteroatoms. The number of ether oxygens (including phenoxy) is 4. The first-order valence-electron chi connectivity index (χ1n) is 15.9. The molecule has 0 aromatic heterocycles. The van der Waals surface area contributed by atoms with Gasteiger partial charge >= 0.3 is 0 Å². The van der Waals surface area contributed by atoms with Gasteiger partial charge in [-0.15, -0.1) is 13.2 Å². The van der Waals surface area contributed by atoms with Crippen LogP contribution in [0.5, 0.6) is 0 Å². The predicted molar refractivity (Wildman–Crippen MR) is 156 cm³/mol. The Morgan fingerprint density at radius 1 is 0.897 bits per heavy atom. The summed E-state index contributed by atoms with van der Waals surface area (Å²) in [5, 5.41) is 0. The van der Waals surface area contributed by atoms with E-state index in [0.29, 0.717) is 12.5 Å². The minimum Gasteiger partial charge on any atom is -0.349 e. The molecule has 0 aromatic rings. The summed E-state index contributed by atoms with van der Waals surface area (Å²) < 4.78 is 26.9. The molecular weight excluding hydrogens is 484 g/mol. The first-order valence-corrected chi connectivity index (χ1v) is 15.9. The van der Waals surface area contributed by atoms with E-state index >= 15 is 0 Å². The summed E-state index contributed by atoms with van der Waals surface area (Å²) >= 11 is 0. The van der Waals surface area contributed by atoms with E-state index in [2.05, 4.69) is 45.7 Å². The molecule has 6 aliphatic rings. The lowest BCUT2D eigenvalue weighted by atomic mass is 9.56.